The molecule has 0 unspecified atom stereocenters. The van der Waals surface area contributed by atoms with Crippen LogP contribution in [0.5, 0.6) is 0 Å². The second-order valence-corrected chi connectivity index (χ2v) is 3.18. The van der Waals surface area contributed by atoms with Crippen molar-refractivity contribution in [2.75, 3.05) is 0 Å². The Hall–Kier alpha value is -2.24. The first kappa shape index (κ1) is 8.10. The molecular formula is C9H8N6. The molecule has 15 heavy (non-hydrogen) atoms. The number of nitrogens with zero attached hydrogens (tertiary/aromatic N) is 6. The molecule has 0 fully saturated rings. The number of fused-ring (bicyclic) bond motifs is 1. The van der Waals surface area contributed by atoms with Gasteiger partial charge in [-0.1, -0.05) is 35.4 Å². The van der Waals surface area contributed by atoms with E-state index in [0.717, 1.165) is 11.4 Å². The van der Waals surface area contributed by atoms with Gasteiger partial charge >= 0.3 is 0 Å². The molecule has 0 aliphatic carbocycles. The van der Waals surface area contributed by atoms with E-state index in [2.05, 4.69) is 20.5 Å². The fourth-order valence-electron chi connectivity index (χ4n) is 1.51. The van der Waals surface area contributed by atoms with Gasteiger partial charge in [0.25, 0.3) is 5.78 Å². The molecule has 0 radical (unpaired) electrons. The van der Waals surface area contributed by atoms with E-state index in [0.29, 0.717) is 5.78 Å². The van der Waals surface area contributed by atoms with Gasteiger partial charge < -0.3 is 0 Å². The lowest BCUT2D eigenvalue weighted by Crippen LogP contribution is -2.02. The van der Waals surface area contributed by atoms with E-state index in [4.69, 9.17) is 0 Å². The van der Waals surface area contributed by atoms with Crippen LogP contribution in [0.4, 0.5) is 0 Å². The minimum atomic E-state index is 0.511. The highest BCUT2D eigenvalue weighted by atomic mass is 15.6. The van der Waals surface area contributed by atoms with Crippen molar-refractivity contribution in [2.45, 2.75) is 0 Å². The molecule has 2 heterocycles. The number of hydrogen-bond acceptors (Lipinski definition) is 4. The van der Waals surface area contributed by atoms with Crippen LogP contribution < -0.4 is 0 Å². The fraction of sp³-hybridized carbons (Fsp3) is 0.111. The quantitative estimate of drug-likeness (QED) is 0.574. The van der Waals surface area contributed by atoms with Gasteiger partial charge in [0, 0.05) is 12.6 Å². The van der Waals surface area contributed by atoms with E-state index in [9.17, 15) is 0 Å². The highest BCUT2D eigenvalue weighted by Gasteiger charge is 2.11. The number of benzene rings is 1. The second kappa shape index (κ2) is 2.88. The zero-order chi connectivity index (χ0) is 10.3. The van der Waals surface area contributed by atoms with Crippen molar-refractivity contribution < 1.29 is 0 Å². The van der Waals surface area contributed by atoms with Gasteiger partial charge in [-0.25, -0.2) is 0 Å². The Morgan fingerprint density at radius 1 is 1.00 bits per heavy atom. The summed E-state index contributed by atoms with van der Waals surface area (Å²) in [6, 6.07) is 9.83. The maximum absolute atomic E-state index is 4.08. The van der Waals surface area contributed by atoms with Gasteiger partial charge in [-0.3, -0.25) is 0 Å². The van der Waals surface area contributed by atoms with Gasteiger partial charge in [0.1, 0.15) is 0 Å². The number of aryl methyl sites for hydroxylation is 1. The van der Waals surface area contributed by atoms with Crippen LogP contribution in [0.25, 0.3) is 17.2 Å². The molecule has 6 heteroatoms. The van der Waals surface area contributed by atoms with Crippen LogP contribution in [0.1, 0.15) is 0 Å². The molecular weight excluding hydrogens is 192 g/mol. The standard InChI is InChI=1S/C9H8N6/c1-14-13-12-9-11-10-8(15(9)14)7-5-3-2-4-6-7/h2-6H,1H3. The van der Waals surface area contributed by atoms with Crippen molar-refractivity contribution in [3.05, 3.63) is 30.3 Å². The summed E-state index contributed by atoms with van der Waals surface area (Å²) in [5.74, 6) is 1.26. The van der Waals surface area contributed by atoms with E-state index in [-0.39, 0.29) is 0 Å². The zero-order valence-electron chi connectivity index (χ0n) is 8.07. The molecule has 0 amide bonds. The van der Waals surface area contributed by atoms with Crippen LogP contribution in [0.2, 0.25) is 0 Å². The topological polar surface area (TPSA) is 60.9 Å². The predicted octanol–water partition coefficient (Wildman–Crippen LogP) is 0.525. The van der Waals surface area contributed by atoms with E-state index < -0.39 is 0 Å². The first-order valence-corrected chi connectivity index (χ1v) is 4.53. The molecule has 0 aliphatic rings. The zero-order valence-corrected chi connectivity index (χ0v) is 8.07. The summed E-state index contributed by atoms with van der Waals surface area (Å²) in [6.45, 7) is 0. The molecule has 0 atom stereocenters. The molecule has 2 aromatic heterocycles. The van der Waals surface area contributed by atoms with Crippen LogP contribution in [-0.2, 0) is 7.05 Å². The molecule has 0 aliphatic heterocycles. The summed E-state index contributed by atoms with van der Waals surface area (Å²) >= 11 is 0. The van der Waals surface area contributed by atoms with Crippen LogP contribution in [-0.4, -0.2) is 29.8 Å². The van der Waals surface area contributed by atoms with Gasteiger partial charge in [0.2, 0.25) is 0 Å². The first-order chi connectivity index (χ1) is 7.36. The molecule has 0 saturated carbocycles. The van der Waals surface area contributed by atoms with Gasteiger partial charge in [0.05, 0.1) is 0 Å². The lowest BCUT2D eigenvalue weighted by Gasteiger charge is -1.97. The number of rotatable bonds is 1. The van der Waals surface area contributed by atoms with E-state index in [1.807, 2.05) is 30.3 Å². The van der Waals surface area contributed by atoms with E-state index in [1.165, 1.54) is 0 Å². The third-order valence-corrected chi connectivity index (χ3v) is 2.21. The van der Waals surface area contributed by atoms with Gasteiger partial charge in [-0.2, -0.15) is 9.31 Å². The molecule has 0 saturated heterocycles. The van der Waals surface area contributed by atoms with Crippen molar-refractivity contribution in [3.8, 4) is 11.4 Å². The Morgan fingerprint density at radius 2 is 1.80 bits per heavy atom. The predicted molar refractivity (Wildman–Crippen MR) is 53.0 cm³/mol. The van der Waals surface area contributed by atoms with Gasteiger partial charge in [0.15, 0.2) is 5.82 Å². The Morgan fingerprint density at radius 3 is 2.60 bits per heavy atom. The van der Waals surface area contributed by atoms with Gasteiger partial charge in [-0.15, -0.1) is 10.2 Å². The largest absolute Gasteiger partial charge is 0.292 e. The SMILES string of the molecule is Cn1nnc2nnc(-c3ccccc3)n21. The maximum atomic E-state index is 4.08. The van der Waals surface area contributed by atoms with Crippen LogP contribution in [0, 0.1) is 0 Å². The summed E-state index contributed by atoms with van der Waals surface area (Å²) in [7, 11) is 1.80. The number of aromatic nitrogens is 6. The summed E-state index contributed by atoms with van der Waals surface area (Å²) in [4.78, 5) is 1.61. The lowest BCUT2D eigenvalue weighted by atomic mass is 10.2. The first-order valence-electron chi connectivity index (χ1n) is 4.53. The average Bonchev–Trinajstić information content (AvgIpc) is 2.84. The summed E-state index contributed by atoms with van der Waals surface area (Å²) in [5.41, 5.74) is 0.996. The average molecular weight is 200 g/mol. The highest BCUT2D eigenvalue weighted by molar-refractivity contribution is 5.56. The summed E-state index contributed by atoms with van der Waals surface area (Å²) in [5, 5.41) is 15.7. The van der Waals surface area contributed by atoms with Crippen LogP contribution >= 0.6 is 0 Å². The van der Waals surface area contributed by atoms with Crippen molar-refractivity contribution in [2.24, 2.45) is 7.05 Å². The Balaban J connectivity index is 2.31. The van der Waals surface area contributed by atoms with Crippen molar-refractivity contribution in [1.82, 2.24) is 29.8 Å². The number of hydrogen-bond donors (Lipinski definition) is 0. The monoisotopic (exact) mass is 200 g/mol. The highest BCUT2D eigenvalue weighted by Crippen LogP contribution is 2.15. The summed E-state index contributed by atoms with van der Waals surface area (Å²) in [6.07, 6.45) is 0. The molecule has 1 aromatic carbocycles. The second-order valence-electron chi connectivity index (χ2n) is 3.18. The smallest absolute Gasteiger partial charge is 0.180 e. The Labute approximate surface area is 85.1 Å². The number of tetrazole rings is 1. The normalized spacial score (nSPS) is 11.0. The van der Waals surface area contributed by atoms with E-state index >= 15 is 0 Å². The maximum Gasteiger partial charge on any atom is 0.292 e. The lowest BCUT2D eigenvalue weighted by molar-refractivity contribution is 0.589. The van der Waals surface area contributed by atoms with Gasteiger partial charge in [-0.05, 0) is 5.21 Å². The molecule has 0 bridgehead atoms. The van der Waals surface area contributed by atoms with Crippen molar-refractivity contribution in [3.63, 3.8) is 0 Å². The molecule has 3 aromatic rings. The van der Waals surface area contributed by atoms with Crippen LogP contribution in [0.15, 0.2) is 30.3 Å². The molecule has 3 rings (SSSR count). The molecule has 74 valence electrons. The third-order valence-electron chi connectivity index (χ3n) is 2.21. The molecule has 0 spiro atoms. The third kappa shape index (κ3) is 1.11. The minimum absolute atomic E-state index is 0.511. The van der Waals surface area contributed by atoms with Crippen LogP contribution in [0.3, 0.4) is 0 Å². The Bertz CT molecular complexity index is 593. The summed E-state index contributed by atoms with van der Waals surface area (Å²) < 4.78 is 1.76. The molecule has 0 N–H and O–H groups in total. The van der Waals surface area contributed by atoms with E-state index in [1.54, 1.807) is 16.4 Å². The minimum Gasteiger partial charge on any atom is -0.180 e. The van der Waals surface area contributed by atoms with Crippen molar-refractivity contribution in [1.29, 1.82) is 0 Å². The van der Waals surface area contributed by atoms with Crippen molar-refractivity contribution >= 4 is 5.78 Å². The molecule has 6 nitrogen and oxygen atoms in total. The fourth-order valence-corrected chi connectivity index (χ4v) is 1.51. The Kier molecular flexibility index (Phi) is 1.55.